The molecule has 2 aliphatic heterocycles. The van der Waals surface area contributed by atoms with Crippen LogP contribution in [0.1, 0.15) is 29.5 Å². The number of nitrogens with two attached hydrogens (primary N) is 1. The number of aromatic nitrogens is 4. The second kappa shape index (κ2) is 14.4. The van der Waals surface area contributed by atoms with Crippen LogP contribution in [0.2, 0.25) is 0 Å². The molecule has 0 unspecified atom stereocenters. The van der Waals surface area contributed by atoms with E-state index in [1.807, 2.05) is 48.5 Å². The summed E-state index contributed by atoms with van der Waals surface area (Å²) in [5, 5.41) is 0. The number of carbonyl (C=O) groups is 2. The molecule has 0 spiro atoms. The Morgan fingerprint density at radius 2 is 1.45 bits per heavy atom. The number of benzene rings is 2. The minimum atomic E-state index is -0.514. The molecule has 13 nitrogen and oxygen atoms in total. The third-order valence-electron chi connectivity index (χ3n) is 8.25. The Kier molecular flexibility index (Phi) is 9.72. The summed E-state index contributed by atoms with van der Waals surface area (Å²) in [5.41, 5.74) is 9.73. The first kappa shape index (κ1) is 31.7. The number of nitrogens with zero attached hydrogens (tertiary/aromatic N) is 7. The van der Waals surface area contributed by atoms with Crippen molar-refractivity contribution in [1.29, 1.82) is 0 Å². The van der Waals surface area contributed by atoms with E-state index in [-0.39, 0.29) is 18.7 Å². The molecular formula is C34H38N8O5. The van der Waals surface area contributed by atoms with E-state index in [0.717, 1.165) is 33.8 Å². The maximum absolute atomic E-state index is 13.1. The summed E-state index contributed by atoms with van der Waals surface area (Å²) < 4.78 is 16.2. The number of anilines is 3. The van der Waals surface area contributed by atoms with Crippen LogP contribution < -0.4 is 29.9 Å². The van der Waals surface area contributed by atoms with Gasteiger partial charge in [-0.1, -0.05) is 24.3 Å². The predicted octanol–water partition coefficient (Wildman–Crippen LogP) is 3.15. The predicted molar refractivity (Wildman–Crippen MR) is 176 cm³/mol. The monoisotopic (exact) mass is 638 g/mol. The van der Waals surface area contributed by atoms with Crippen LogP contribution in [0.15, 0.2) is 60.9 Å². The zero-order chi connectivity index (χ0) is 32.8. The second-order valence-electron chi connectivity index (χ2n) is 11.4. The maximum Gasteiger partial charge on any atom is 0.228 e. The molecule has 47 heavy (non-hydrogen) atoms. The van der Waals surface area contributed by atoms with Gasteiger partial charge in [-0.25, -0.2) is 15.0 Å². The number of methoxy groups -OCH3 is 2. The van der Waals surface area contributed by atoms with E-state index in [0.29, 0.717) is 75.8 Å². The highest BCUT2D eigenvalue weighted by Gasteiger charge is 2.32. The summed E-state index contributed by atoms with van der Waals surface area (Å²) in [7, 11) is 3.30. The average molecular weight is 639 g/mol. The smallest absolute Gasteiger partial charge is 0.228 e. The first-order valence-electron chi connectivity index (χ1n) is 15.6. The highest BCUT2D eigenvalue weighted by atomic mass is 16.5. The number of primary amides is 1. The van der Waals surface area contributed by atoms with Crippen molar-refractivity contribution in [2.24, 2.45) is 5.73 Å². The molecule has 13 heteroatoms. The van der Waals surface area contributed by atoms with Gasteiger partial charge in [-0.15, -0.1) is 0 Å². The van der Waals surface area contributed by atoms with Gasteiger partial charge in [0.25, 0.3) is 0 Å². The number of ether oxygens (including phenoxy) is 3. The van der Waals surface area contributed by atoms with Crippen molar-refractivity contribution in [2.45, 2.75) is 32.4 Å². The summed E-state index contributed by atoms with van der Waals surface area (Å²) in [6.07, 6.45) is 4.13. The molecule has 2 amide bonds. The molecule has 0 aliphatic carbocycles. The molecule has 4 heterocycles. The van der Waals surface area contributed by atoms with Gasteiger partial charge in [0.2, 0.25) is 23.7 Å². The zero-order valence-electron chi connectivity index (χ0n) is 26.6. The van der Waals surface area contributed by atoms with Crippen LogP contribution in [-0.2, 0) is 33.8 Å². The molecule has 0 atom stereocenters. The van der Waals surface area contributed by atoms with E-state index in [1.54, 1.807) is 31.5 Å². The maximum atomic E-state index is 13.1. The van der Waals surface area contributed by atoms with Crippen molar-refractivity contribution in [1.82, 2.24) is 19.9 Å². The molecule has 244 valence electrons. The normalized spacial score (nSPS) is 14.1. The lowest BCUT2D eigenvalue weighted by Gasteiger charge is -2.28. The summed E-state index contributed by atoms with van der Waals surface area (Å²) >= 11 is 0. The minimum Gasteiger partial charge on any atom is -0.497 e. The molecule has 0 radical (unpaired) electrons. The third-order valence-corrected chi connectivity index (χ3v) is 8.25. The van der Waals surface area contributed by atoms with E-state index < -0.39 is 5.91 Å². The van der Waals surface area contributed by atoms with Gasteiger partial charge in [0.1, 0.15) is 17.3 Å². The van der Waals surface area contributed by atoms with Crippen LogP contribution in [0.3, 0.4) is 0 Å². The van der Waals surface area contributed by atoms with Crippen molar-refractivity contribution < 1.29 is 23.8 Å². The van der Waals surface area contributed by atoms with Crippen LogP contribution in [0.5, 0.6) is 11.5 Å². The molecule has 0 bridgehead atoms. The average Bonchev–Trinajstić information content (AvgIpc) is 3.55. The van der Waals surface area contributed by atoms with Gasteiger partial charge in [-0.2, -0.15) is 4.98 Å². The Morgan fingerprint density at radius 1 is 0.851 bits per heavy atom. The van der Waals surface area contributed by atoms with E-state index in [1.165, 1.54) is 0 Å². The fraction of sp³-hybridized carbons (Fsp3) is 0.353. The molecule has 4 aromatic rings. The molecular weight excluding hydrogens is 600 g/mol. The van der Waals surface area contributed by atoms with Gasteiger partial charge in [-0.05, 0) is 41.8 Å². The highest BCUT2D eigenvalue weighted by Crippen LogP contribution is 2.36. The third kappa shape index (κ3) is 7.41. The Bertz CT molecular complexity index is 1640. The molecule has 2 N–H and O–H groups in total. The van der Waals surface area contributed by atoms with Crippen molar-refractivity contribution >= 4 is 29.5 Å². The summed E-state index contributed by atoms with van der Waals surface area (Å²) in [4.78, 5) is 49.8. The van der Waals surface area contributed by atoms with E-state index in [2.05, 4.69) is 9.80 Å². The first-order valence-corrected chi connectivity index (χ1v) is 15.6. The Balaban J connectivity index is 1.33. The van der Waals surface area contributed by atoms with Crippen molar-refractivity contribution in [2.75, 3.05) is 61.8 Å². The number of hydrogen-bond donors (Lipinski definition) is 1. The lowest BCUT2D eigenvalue weighted by Crippen LogP contribution is -2.38. The Hall–Kier alpha value is -5.30. The lowest BCUT2D eigenvalue weighted by molar-refractivity contribution is -0.123. The summed E-state index contributed by atoms with van der Waals surface area (Å²) in [6.45, 7) is 3.98. The van der Waals surface area contributed by atoms with Crippen molar-refractivity contribution in [3.05, 3.63) is 77.6 Å². The quantitative estimate of drug-likeness (QED) is 0.244. The van der Waals surface area contributed by atoms with Crippen LogP contribution in [-0.4, -0.2) is 78.8 Å². The highest BCUT2D eigenvalue weighted by molar-refractivity contribution is 5.97. The Labute approximate surface area is 273 Å². The van der Waals surface area contributed by atoms with Gasteiger partial charge >= 0.3 is 0 Å². The fourth-order valence-corrected chi connectivity index (χ4v) is 5.70. The minimum absolute atomic E-state index is 0.0161. The Morgan fingerprint density at radius 3 is 2.00 bits per heavy atom. The molecule has 2 aromatic heterocycles. The van der Waals surface area contributed by atoms with Gasteiger partial charge < -0.3 is 29.7 Å². The van der Waals surface area contributed by atoms with Crippen LogP contribution in [0.4, 0.5) is 17.7 Å². The number of rotatable bonds is 12. The SMILES string of the molecule is COc1ccc(CN(Cc2ccc(OC)cc2)c2ncc(-c3nc(N4CCOCC4)nc4c3CCN4C(=O)CCC(N)=O)cn2)cc1. The fourth-order valence-electron chi connectivity index (χ4n) is 5.70. The first-order chi connectivity index (χ1) is 22.9. The number of amides is 2. The lowest BCUT2D eigenvalue weighted by atomic mass is 10.1. The van der Waals surface area contributed by atoms with Crippen LogP contribution in [0, 0.1) is 0 Å². The summed E-state index contributed by atoms with van der Waals surface area (Å²) in [5.74, 6) is 2.50. The molecule has 1 fully saturated rings. The molecule has 0 saturated carbocycles. The number of fused-ring (bicyclic) bond motifs is 1. The molecule has 2 aliphatic rings. The standard InChI is InChI=1S/C34H38N8O5/c1-45-26-7-3-23(4-8-26)21-41(22-24-5-9-27(46-2)10-6-24)33-36-19-25(20-37-33)31-28-13-14-42(30(44)12-11-29(35)43)32(28)39-34(38-31)40-15-17-47-18-16-40/h3-10,19-20H,11-18,21-22H2,1-2H3,(H2,35,43). The van der Waals surface area contributed by atoms with Crippen LogP contribution in [0.25, 0.3) is 11.3 Å². The second-order valence-corrected chi connectivity index (χ2v) is 11.4. The van der Waals surface area contributed by atoms with Crippen molar-refractivity contribution in [3.8, 4) is 22.8 Å². The van der Waals surface area contributed by atoms with E-state index in [4.69, 9.17) is 39.9 Å². The topological polar surface area (TPSA) is 149 Å². The summed E-state index contributed by atoms with van der Waals surface area (Å²) in [6, 6.07) is 15.9. The van der Waals surface area contributed by atoms with Gasteiger partial charge in [0.05, 0.1) is 33.1 Å². The van der Waals surface area contributed by atoms with Gasteiger partial charge in [0.15, 0.2) is 0 Å². The van der Waals surface area contributed by atoms with Crippen LogP contribution >= 0.6 is 0 Å². The van der Waals surface area contributed by atoms with Gasteiger partial charge in [-0.3, -0.25) is 14.5 Å². The van der Waals surface area contributed by atoms with E-state index in [9.17, 15) is 9.59 Å². The largest absolute Gasteiger partial charge is 0.497 e. The van der Waals surface area contributed by atoms with Gasteiger partial charge in [0, 0.05) is 69.1 Å². The van der Waals surface area contributed by atoms with Crippen molar-refractivity contribution in [3.63, 3.8) is 0 Å². The molecule has 1 saturated heterocycles. The number of morpholine rings is 1. The molecule has 2 aromatic carbocycles. The molecule has 6 rings (SSSR count). The number of carbonyl (C=O) groups excluding carboxylic acids is 2. The number of hydrogen-bond acceptors (Lipinski definition) is 11. The van der Waals surface area contributed by atoms with E-state index >= 15 is 0 Å². The zero-order valence-corrected chi connectivity index (χ0v) is 26.6.